The van der Waals surface area contributed by atoms with E-state index < -0.39 is 0 Å². The molecule has 4 saturated heterocycles. The van der Waals surface area contributed by atoms with Crippen molar-refractivity contribution in [3.63, 3.8) is 0 Å². The fraction of sp³-hybridized carbons (Fsp3) is 0.500. The molecule has 6 rings (SSSR count). The summed E-state index contributed by atoms with van der Waals surface area (Å²) in [6.45, 7) is 7.85. The Morgan fingerprint density at radius 2 is 1.81 bits per heavy atom. The second-order valence-corrected chi connectivity index (χ2v) is 9.77. The molecule has 2 atom stereocenters. The van der Waals surface area contributed by atoms with Crippen molar-refractivity contribution in [2.75, 3.05) is 44.3 Å². The van der Waals surface area contributed by atoms with Crippen molar-refractivity contribution in [3.8, 4) is 0 Å². The normalized spacial score (nSPS) is 27.8. The zero-order chi connectivity index (χ0) is 21.2. The Bertz CT molecular complexity index is 906. The van der Waals surface area contributed by atoms with Crippen LogP contribution in [0.2, 0.25) is 0 Å². The fourth-order valence-electron chi connectivity index (χ4n) is 5.00. The number of carbonyl (C=O) groups excluding carboxylic acids is 1. The maximum atomic E-state index is 12.9. The van der Waals surface area contributed by atoms with E-state index >= 15 is 0 Å². The van der Waals surface area contributed by atoms with Gasteiger partial charge in [-0.15, -0.1) is 0 Å². The van der Waals surface area contributed by atoms with Gasteiger partial charge in [0.05, 0.1) is 13.2 Å². The number of nitrogens with zero attached hydrogens (tertiary/aromatic N) is 3. The minimum atomic E-state index is 0.0367. The first-order chi connectivity index (χ1) is 15.2. The predicted molar refractivity (Wildman–Crippen MR) is 123 cm³/mol. The van der Waals surface area contributed by atoms with Crippen LogP contribution in [0.3, 0.4) is 0 Å². The van der Waals surface area contributed by atoms with Crippen LogP contribution in [0.5, 0.6) is 0 Å². The van der Waals surface area contributed by atoms with Gasteiger partial charge in [0.2, 0.25) is 0 Å². The van der Waals surface area contributed by atoms with E-state index in [1.807, 2.05) is 30.3 Å². The van der Waals surface area contributed by atoms with Crippen LogP contribution in [0.25, 0.3) is 0 Å². The SMILES string of the molecule is C[C@@H]1[C@H](NC(=O)c2ccc(Sc3cccc(N4CCOCC4)n3)cc2)C2CCN1CC2. The molecule has 6 nitrogen and oxygen atoms in total. The first kappa shape index (κ1) is 20.8. The number of nitrogens with one attached hydrogen (secondary N) is 1. The summed E-state index contributed by atoms with van der Waals surface area (Å²) >= 11 is 1.62. The third-order valence-corrected chi connectivity index (χ3v) is 7.80. The Balaban J connectivity index is 1.22. The summed E-state index contributed by atoms with van der Waals surface area (Å²) in [6, 6.07) is 14.7. The van der Waals surface area contributed by atoms with E-state index in [4.69, 9.17) is 9.72 Å². The van der Waals surface area contributed by atoms with Crippen molar-refractivity contribution in [2.24, 2.45) is 5.92 Å². The Labute approximate surface area is 188 Å². The highest BCUT2D eigenvalue weighted by Crippen LogP contribution is 2.32. The Kier molecular flexibility index (Phi) is 6.16. The molecule has 1 aromatic heterocycles. The summed E-state index contributed by atoms with van der Waals surface area (Å²) < 4.78 is 5.44. The maximum Gasteiger partial charge on any atom is 0.251 e. The molecule has 4 aliphatic heterocycles. The summed E-state index contributed by atoms with van der Waals surface area (Å²) in [6.07, 6.45) is 2.39. The zero-order valence-electron chi connectivity index (χ0n) is 18.0. The van der Waals surface area contributed by atoms with E-state index in [0.29, 0.717) is 12.0 Å². The van der Waals surface area contributed by atoms with Crippen LogP contribution in [0, 0.1) is 5.92 Å². The quantitative estimate of drug-likeness (QED) is 0.773. The number of anilines is 1. The Hall–Kier alpha value is -2.09. The predicted octanol–water partition coefficient (Wildman–Crippen LogP) is 3.28. The van der Waals surface area contributed by atoms with Crippen molar-refractivity contribution in [1.29, 1.82) is 0 Å². The number of rotatable bonds is 5. The number of hydrogen-bond acceptors (Lipinski definition) is 6. The van der Waals surface area contributed by atoms with Gasteiger partial charge < -0.3 is 15.0 Å². The number of carbonyl (C=O) groups is 1. The average Bonchev–Trinajstić information content (AvgIpc) is 2.83. The van der Waals surface area contributed by atoms with Crippen LogP contribution in [0.1, 0.15) is 30.1 Å². The lowest BCUT2D eigenvalue weighted by Gasteiger charge is -2.49. The highest BCUT2D eigenvalue weighted by atomic mass is 32.2. The van der Waals surface area contributed by atoms with Crippen molar-refractivity contribution in [3.05, 3.63) is 48.0 Å². The number of amides is 1. The van der Waals surface area contributed by atoms with Gasteiger partial charge in [-0.3, -0.25) is 9.69 Å². The van der Waals surface area contributed by atoms with Crippen LogP contribution < -0.4 is 10.2 Å². The van der Waals surface area contributed by atoms with E-state index in [2.05, 4.69) is 34.2 Å². The Morgan fingerprint density at radius 1 is 1.06 bits per heavy atom. The first-order valence-electron chi connectivity index (χ1n) is 11.3. The molecule has 0 aliphatic carbocycles. The van der Waals surface area contributed by atoms with Crippen LogP contribution in [-0.2, 0) is 4.74 Å². The van der Waals surface area contributed by atoms with Gasteiger partial charge in [-0.05, 0) is 75.2 Å². The molecule has 2 bridgehead atoms. The fourth-order valence-corrected chi connectivity index (χ4v) is 5.80. The molecule has 0 unspecified atom stereocenters. The summed E-state index contributed by atoms with van der Waals surface area (Å²) in [5.41, 5.74) is 0.725. The highest BCUT2D eigenvalue weighted by Gasteiger charge is 2.40. The van der Waals surface area contributed by atoms with Gasteiger partial charge in [-0.25, -0.2) is 4.98 Å². The second kappa shape index (κ2) is 9.18. The molecule has 4 aliphatic rings. The van der Waals surface area contributed by atoms with Gasteiger partial charge >= 0.3 is 0 Å². The third kappa shape index (κ3) is 4.59. The van der Waals surface area contributed by atoms with Crippen molar-refractivity contribution in [1.82, 2.24) is 15.2 Å². The van der Waals surface area contributed by atoms with Gasteiger partial charge in [-0.1, -0.05) is 17.8 Å². The molecule has 0 saturated carbocycles. The molecule has 31 heavy (non-hydrogen) atoms. The molecule has 0 radical (unpaired) electrons. The molecule has 164 valence electrons. The molecule has 5 heterocycles. The molecule has 4 fully saturated rings. The van der Waals surface area contributed by atoms with Crippen LogP contribution in [0.15, 0.2) is 52.4 Å². The molecule has 1 N–H and O–H groups in total. The van der Waals surface area contributed by atoms with Crippen molar-refractivity contribution >= 4 is 23.5 Å². The van der Waals surface area contributed by atoms with Crippen LogP contribution in [-0.4, -0.2) is 67.3 Å². The lowest BCUT2D eigenvalue weighted by molar-refractivity contribution is 0.0217. The lowest BCUT2D eigenvalue weighted by Crippen LogP contribution is -2.62. The monoisotopic (exact) mass is 438 g/mol. The molecule has 0 spiro atoms. The molecular formula is C24H30N4O2S. The zero-order valence-corrected chi connectivity index (χ0v) is 18.8. The minimum Gasteiger partial charge on any atom is -0.378 e. The van der Waals surface area contributed by atoms with E-state index in [0.717, 1.165) is 47.6 Å². The van der Waals surface area contributed by atoms with E-state index in [1.165, 1.54) is 25.9 Å². The van der Waals surface area contributed by atoms with E-state index in [-0.39, 0.29) is 11.9 Å². The number of ether oxygens (including phenoxy) is 1. The largest absolute Gasteiger partial charge is 0.378 e. The van der Waals surface area contributed by atoms with Crippen LogP contribution in [0.4, 0.5) is 5.82 Å². The topological polar surface area (TPSA) is 57.7 Å². The molecular weight excluding hydrogens is 408 g/mol. The van der Waals surface area contributed by atoms with E-state index in [1.54, 1.807) is 11.8 Å². The van der Waals surface area contributed by atoms with Crippen molar-refractivity contribution < 1.29 is 9.53 Å². The average molecular weight is 439 g/mol. The van der Waals surface area contributed by atoms with Gasteiger partial charge in [-0.2, -0.15) is 0 Å². The van der Waals surface area contributed by atoms with Gasteiger partial charge in [0.15, 0.2) is 0 Å². The summed E-state index contributed by atoms with van der Waals surface area (Å²) in [7, 11) is 0. The van der Waals surface area contributed by atoms with Crippen molar-refractivity contribution in [2.45, 2.75) is 41.8 Å². The Morgan fingerprint density at radius 3 is 2.52 bits per heavy atom. The maximum absolute atomic E-state index is 12.9. The number of pyridine rings is 1. The smallest absolute Gasteiger partial charge is 0.251 e. The number of piperidine rings is 3. The summed E-state index contributed by atoms with van der Waals surface area (Å²) in [5, 5.41) is 4.27. The summed E-state index contributed by atoms with van der Waals surface area (Å²) in [5.74, 6) is 1.65. The highest BCUT2D eigenvalue weighted by molar-refractivity contribution is 7.99. The second-order valence-electron chi connectivity index (χ2n) is 8.67. The molecule has 2 aromatic rings. The first-order valence-corrected chi connectivity index (χ1v) is 12.1. The number of aromatic nitrogens is 1. The number of morpholine rings is 1. The number of benzene rings is 1. The lowest BCUT2D eigenvalue weighted by atomic mass is 9.79. The van der Waals surface area contributed by atoms with E-state index in [9.17, 15) is 4.79 Å². The molecule has 1 amide bonds. The number of fused-ring (bicyclic) bond motifs is 3. The van der Waals surface area contributed by atoms with Gasteiger partial charge in [0.1, 0.15) is 10.8 Å². The molecule has 7 heteroatoms. The van der Waals surface area contributed by atoms with Crippen LogP contribution >= 0.6 is 11.8 Å². The standard InChI is InChI=1S/C24H30N4O2S/c1-17-23(18-9-11-27(17)12-10-18)26-24(29)19-5-7-20(8-6-19)31-22-4-2-3-21(25-22)28-13-15-30-16-14-28/h2-8,17-18,23H,9-16H2,1H3,(H,26,29)/t17-,23+/m1/s1. The minimum absolute atomic E-state index is 0.0367. The molecule has 1 aromatic carbocycles. The summed E-state index contributed by atoms with van der Waals surface area (Å²) in [4.78, 5) is 23.5. The van der Waals surface area contributed by atoms with Gasteiger partial charge in [0.25, 0.3) is 5.91 Å². The van der Waals surface area contributed by atoms with Gasteiger partial charge in [0, 0.05) is 35.6 Å². The number of hydrogen-bond donors (Lipinski definition) is 1. The third-order valence-electron chi connectivity index (χ3n) is 6.86.